The first-order valence-corrected chi connectivity index (χ1v) is 9.02. The number of imide groups is 1. The third kappa shape index (κ3) is 4.25. The van der Waals surface area contributed by atoms with Crippen LogP contribution < -0.4 is 10.6 Å². The van der Waals surface area contributed by atoms with Crippen molar-refractivity contribution in [2.24, 2.45) is 0 Å². The van der Waals surface area contributed by atoms with Crippen molar-refractivity contribution in [3.8, 4) is 0 Å². The summed E-state index contributed by atoms with van der Waals surface area (Å²) in [6, 6.07) is 9.70. The molecule has 1 aliphatic rings. The van der Waals surface area contributed by atoms with Crippen LogP contribution >= 0.6 is 15.9 Å². The zero-order valence-electron chi connectivity index (χ0n) is 14.2. The predicted octanol–water partition coefficient (Wildman–Crippen LogP) is 1.57. The van der Waals surface area contributed by atoms with Crippen LogP contribution in [-0.4, -0.2) is 48.2 Å². The summed E-state index contributed by atoms with van der Waals surface area (Å²) in [7, 11) is 0. The van der Waals surface area contributed by atoms with E-state index in [4.69, 9.17) is 4.42 Å². The number of furan rings is 1. The van der Waals surface area contributed by atoms with Gasteiger partial charge in [-0.25, -0.2) is 0 Å². The number of benzene rings is 1. The first-order chi connectivity index (χ1) is 13.0. The zero-order chi connectivity index (χ0) is 19.4. The first-order valence-electron chi connectivity index (χ1n) is 8.23. The summed E-state index contributed by atoms with van der Waals surface area (Å²) in [5.74, 6) is -1.32. The second-order valence-electron chi connectivity index (χ2n) is 5.77. The molecular formula is C18H16BrN3O5. The van der Waals surface area contributed by atoms with E-state index in [2.05, 4.69) is 26.6 Å². The topological polar surface area (TPSA) is 109 Å². The lowest BCUT2D eigenvalue weighted by molar-refractivity contribution is -0.121. The maximum absolute atomic E-state index is 12.2. The standard InChI is InChI=1S/C18H16BrN3O5/c19-14-6-5-13(27-14)16(24)21-9-8-20-15(23)7-10-22-17(25)11-3-1-2-4-12(11)18(22)26/h1-6H,7-10H2,(H,20,23)(H,21,24). The highest BCUT2D eigenvalue weighted by molar-refractivity contribution is 9.10. The Morgan fingerprint density at radius 3 is 2.19 bits per heavy atom. The quantitative estimate of drug-likeness (QED) is 0.508. The van der Waals surface area contributed by atoms with Crippen LogP contribution in [0.15, 0.2) is 45.5 Å². The molecule has 0 radical (unpaired) electrons. The first kappa shape index (κ1) is 18.8. The minimum atomic E-state index is -0.389. The van der Waals surface area contributed by atoms with Gasteiger partial charge >= 0.3 is 0 Å². The van der Waals surface area contributed by atoms with Crippen LogP contribution in [0, 0.1) is 0 Å². The Labute approximate surface area is 163 Å². The monoisotopic (exact) mass is 433 g/mol. The highest BCUT2D eigenvalue weighted by Crippen LogP contribution is 2.22. The summed E-state index contributed by atoms with van der Waals surface area (Å²) in [5.41, 5.74) is 0.713. The smallest absolute Gasteiger partial charge is 0.287 e. The molecule has 4 amide bonds. The lowest BCUT2D eigenvalue weighted by Gasteiger charge is -2.13. The third-order valence-corrected chi connectivity index (χ3v) is 4.40. The van der Waals surface area contributed by atoms with Gasteiger partial charge in [0, 0.05) is 26.1 Å². The van der Waals surface area contributed by atoms with Gasteiger partial charge in [0.05, 0.1) is 11.1 Å². The minimum absolute atomic E-state index is 0.00492. The summed E-state index contributed by atoms with van der Waals surface area (Å²) < 4.78 is 5.57. The Hall–Kier alpha value is -2.94. The van der Waals surface area contributed by atoms with Crippen LogP contribution in [-0.2, 0) is 4.79 Å². The molecule has 2 aromatic rings. The lowest BCUT2D eigenvalue weighted by Crippen LogP contribution is -2.37. The Bertz CT molecular complexity index is 873. The number of halogens is 1. The molecule has 140 valence electrons. The van der Waals surface area contributed by atoms with E-state index in [9.17, 15) is 19.2 Å². The molecule has 1 aliphatic heterocycles. The number of rotatable bonds is 7. The van der Waals surface area contributed by atoms with Crippen LogP contribution in [0.1, 0.15) is 37.7 Å². The molecule has 0 unspecified atom stereocenters. The predicted molar refractivity (Wildman–Crippen MR) is 98.2 cm³/mol. The molecule has 0 saturated heterocycles. The maximum atomic E-state index is 12.2. The molecule has 1 aromatic carbocycles. The fraction of sp³-hybridized carbons (Fsp3) is 0.222. The largest absolute Gasteiger partial charge is 0.444 e. The number of hydrogen-bond acceptors (Lipinski definition) is 5. The number of carbonyl (C=O) groups excluding carboxylic acids is 4. The van der Waals surface area contributed by atoms with Crippen molar-refractivity contribution < 1.29 is 23.6 Å². The summed E-state index contributed by atoms with van der Waals surface area (Å²) in [5, 5.41) is 5.23. The number of hydrogen-bond donors (Lipinski definition) is 2. The average Bonchev–Trinajstić information content (AvgIpc) is 3.20. The van der Waals surface area contributed by atoms with Gasteiger partial charge in [0.25, 0.3) is 17.7 Å². The number of fused-ring (bicyclic) bond motifs is 1. The second-order valence-corrected chi connectivity index (χ2v) is 6.55. The van der Waals surface area contributed by atoms with Gasteiger partial charge in [-0.05, 0) is 40.2 Å². The summed E-state index contributed by atoms with van der Waals surface area (Å²) in [6.45, 7) is 0.440. The van der Waals surface area contributed by atoms with Gasteiger partial charge in [-0.2, -0.15) is 0 Å². The highest BCUT2D eigenvalue weighted by Gasteiger charge is 2.34. The highest BCUT2D eigenvalue weighted by atomic mass is 79.9. The van der Waals surface area contributed by atoms with Gasteiger partial charge in [0.15, 0.2) is 10.4 Å². The van der Waals surface area contributed by atoms with E-state index in [1.165, 1.54) is 6.07 Å². The third-order valence-electron chi connectivity index (χ3n) is 3.97. The molecular weight excluding hydrogens is 418 g/mol. The molecule has 0 fully saturated rings. The van der Waals surface area contributed by atoms with Gasteiger partial charge in [-0.3, -0.25) is 24.1 Å². The lowest BCUT2D eigenvalue weighted by atomic mass is 10.1. The molecule has 27 heavy (non-hydrogen) atoms. The molecule has 2 N–H and O–H groups in total. The number of carbonyl (C=O) groups is 4. The Morgan fingerprint density at radius 1 is 0.963 bits per heavy atom. The van der Waals surface area contributed by atoms with Crippen LogP contribution in [0.2, 0.25) is 0 Å². The normalized spacial score (nSPS) is 12.9. The molecule has 9 heteroatoms. The van der Waals surface area contributed by atoms with Crippen LogP contribution in [0.25, 0.3) is 0 Å². The molecule has 0 bridgehead atoms. The van der Waals surface area contributed by atoms with Crippen LogP contribution in [0.5, 0.6) is 0 Å². The number of nitrogens with one attached hydrogen (secondary N) is 2. The average molecular weight is 434 g/mol. The van der Waals surface area contributed by atoms with Crippen molar-refractivity contribution in [2.45, 2.75) is 6.42 Å². The zero-order valence-corrected chi connectivity index (χ0v) is 15.7. The van der Waals surface area contributed by atoms with Gasteiger partial charge in [-0.1, -0.05) is 12.1 Å². The fourth-order valence-corrected chi connectivity index (χ4v) is 2.95. The van der Waals surface area contributed by atoms with Crippen molar-refractivity contribution in [2.75, 3.05) is 19.6 Å². The second kappa shape index (κ2) is 8.17. The van der Waals surface area contributed by atoms with E-state index in [0.29, 0.717) is 15.8 Å². The van der Waals surface area contributed by atoms with Crippen molar-refractivity contribution >= 4 is 39.6 Å². The molecule has 0 saturated carbocycles. The summed E-state index contributed by atoms with van der Waals surface area (Å²) in [6.07, 6.45) is -0.00938. The summed E-state index contributed by atoms with van der Waals surface area (Å²) in [4.78, 5) is 49.1. The molecule has 0 spiro atoms. The molecule has 8 nitrogen and oxygen atoms in total. The number of amides is 4. The molecule has 0 atom stereocenters. The van der Waals surface area contributed by atoms with Crippen molar-refractivity contribution in [1.29, 1.82) is 0 Å². The Kier molecular flexibility index (Phi) is 5.70. The van der Waals surface area contributed by atoms with E-state index in [1.807, 2.05) is 0 Å². The van der Waals surface area contributed by atoms with Gasteiger partial charge < -0.3 is 15.1 Å². The number of nitrogens with zero attached hydrogens (tertiary/aromatic N) is 1. The van der Waals surface area contributed by atoms with E-state index in [1.54, 1.807) is 30.3 Å². The van der Waals surface area contributed by atoms with Crippen LogP contribution in [0.4, 0.5) is 0 Å². The van der Waals surface area contributed by atoms with Crippen LogP contribution in [0.3, 0.4) is 0 Å². The van der Waals surface area contributed by atoms with E-state index >= 15 is 0 Å². The van der Waals surface area contributed by atoms with Gasteiger partial charge in [0.2, 0.25) is 5.91 Å². The van der Waals surface area contributed by atoms with Gasteiger partial charge in [0.1, 0.15) is 0 Å². The van der Waals surface area contributed by atoms with Crippen molar-refractivity contribution in [1.82, 2.24) is 15.5 Å². The molecule has 1 aromatic heterocycles. The fourth-order valence-electron chi connectivity index (χ4n) is 2.65. The van der Waals surface area contributed by atoms with E-state index < -0.39 is 0 Å². The minimum Gasteiger partial charge on any atom is -0.444 e. The SMILES string of the molecule is O=C(CCN1C(=O)c2ccccc2C1=O)NCCNC(=O)c1ccc(Br)o1. The Morgan fingerprint density at radius 2 is 1.59 bits per heavy atom. The molecule has 0 aliphatic carbocycles. The van der Waals surface area contributed by atoms with E-state index in [-0.39, 0.29) is 55.4 Å². The van der Waals surface area contributed by atoms with Crippen molar-refractivity contribution in [3.05, 3.63) is 58.0 Å². The summed E-state index contributed by atoms with van der Waals surface area (Å²) >= 11 is 3.11. The van der Waals surface area contributed by atoms with Crippen molar-refractivity contribution in [3.63, 3.8) is 0 Å². The molecule has 3 rings (SSSR count). The maximum Gasteiger partial charge on any atom is 0.287 e. The van der Waals surface area contributed by atoms with E-state index in [0.717, 1.165) is 4.90 Å². The molecule has 2 heterocycles. The van der Waals surface area contributed by atoms with Gasteiger partial charge in [-0.15, -0.1) is 0 Å². The Balaban J connectivity index is 1.39.